The summed E-state index contributed by atoms with van der Waals surface area (Å²) in [6.07, 6.45) is 10.0. The topological polar surface area (TPSA) is 141 Å². The van der Waals surface area contributed by atoms with Gasteiger partial charge in [-0.2, -0.15) is 13.7 Å². The first-order chi connectivity index (χ1) is 21.4. The van der Waals surface area contributed by atoms with Gasteiger partial charge >= 0.3 is 11.9 Å². The minimum Gasteiger partial charge on any atom is -0.465 e. The molecule has 0 radical (unpaired) electrons. The van der Waals surface area contributed by atoms with E-state index in [1.165, 1.54) is 13.8 Å². The van der Waals surface area contributed by atoms with Crippen molar-refractivity contribution in [2.75, 3.05) is 19.5 Å². The second-order valence-corrected chi connectivity index (χ2v) is 17.7. The minimum absolute atomic E-state index is 0.0136. The second kappa shape index (κ2) is 12.0. The van der Waals surface area contributed by atoms with Crippen LogP contribution >= 0.6 is 0 Å². The van der Waals surface area contributed by atoms with E-state index in [1.807, 2.05) is 0 Å². The summed E-state index contributed by atoms with van der Waals surface area (Å²) in [5.41, 5.74) is 0.560. The SMILES string of the molecule is C=C(COOS(C)(=O)=O)[C@@H]1CC[C@]2(C#N)CC[C@]3(C)[C@H](CC[C@@H]4[C@@]5(C)CC/C(=N\OC(C)=O)[C@@](C)(COC(C)=O)[C@@H]5CC[C@]43C)[C@@H]12. The molecule has 46 heavy (non-hydrogen) atoms. The van der Waals surface area contributed by atoms with E-state index in [-0.39, 0.29) is 53.2 Å². The Morgan fingerprint density at radius 2 is 1.67 bits per heavy atom. The molecule has 0 spiro atoms. The molecule has 0 aromatic carbocycles. The zero-order valence-corrected chi connectivity index (χ0v) is 29.5. The Morgan fingerprint density at radius 3 is 2.30 bits per heavy atom. The van der Waals surface area contributed by atoms with E-state index in [1.54, 1.807) is 0 Å². The monoisotopic (exact) mass is 660 g/mol. The van der Waals surface area contributed by atoms with Crippen LogP contribution in [0.1, 0.15) is 106 Å². The molecule has 5 aliphatic carbocycles. The molecule has 0 aromatic heterocycles. The first-order valence-corrected chi connectivity index (χ1v) is 18.7. The van der Waals surface area contributed by atoms with Crippen molar-refractivity contribution in [2.24, 2.45) is 61.8 Å². The number of hydrogen-bond acceptors (Lipinski definition) is 10. The number of oxime groups is 1. The third-order valence-corrected chi connectivity index (χ3v) is 14.4. The molecule has 5 saturated carbocycles. The van der Waals surface area contributed by atoms with E-state index >= 15 is 0 Å². The zero-order valence-electron chi connectivity index (χ0n) is 28.6. The molecule has 11 heteroatoms. The van der Waals surface area contributed by atoms with Crippen LogP contribution in [0, 0.1) is 68.0 Å². The normalized spacial score (nSPS) is 44.1. The number of esters is 1. The predicted octanol–water partition coefficient (Wildman–Crippen LogP) is 6.52. The first-order valence-electron chi connectivity index (χ1n) is 16.9. The van der Waals surface area contributed by atoms with Crippen LogP contribution in [0.3, 0.4) is 0 Å². The molecule has 5 aliphatic rings. The quantitative estimate of drug-likeness (QED) is 0.0935. The number of carbonyl (C=O) groups excluding carboxylic acids is 2. The van der Waals surface area contributed by atoms with Gasteiger partial charge in [-0.25, -0.2) is 9.68 Å². The lowest BCUT2D eigenvalue weighted by Crippen LogP contribution is -2.67. The van der Waals surface area contributed by atoms with E-state index in [0.29, 0.717) is 18.3 Å². The maximum absolute atomic E-state index is 12.0. The highest BCUT2D eigenvalue weighted by Gasteiger charge is 2.71. The Hall–Kier alpha value is -2.29. The molecule has 0 N–H and O–H groups in total. The average molecular weight is 661 g/mol. The van der Waals surface area contributed by atoms with Crippen LogP contribution in [-0.2, 0) is 38.5 Å². The highest BCUT2D eigenvalue weighted by molar-refractivity contribution is 7.85. The van der Waals surface area contributed by atoms with Gasteiger partial charge in [-0.3, -0.25) is 4.79 Å². The molecule has 0 amide bonds. The molecule has 5 rings (SSSR count). The van der Waals surface area contributed by atoms with Crippen molar-refractivity contribution in [3.63, 3.8) is 0 Å². The summed E-state index contributed by atoms with van der Waals surface area (Å²) in [5, 5.41) is 15.0. The van der Waals surface area contributed by atoms with Gasteiger partial charge in [0.25, 0.3) is 10.1 Å². The molecule has 10 nitrogen and oxygen atoms in total. The average Bonchev–Trinajstić information content (AvgIpc) is 3.35. The van der Waals surface area contributed by atoms with Crippen molar-refractivity contribution < 1.29 is 36.8 Å². The van der Waals surface area contributed by atoms with Gasteiger partial charge in [0.2, 0.25) is 0 Å². The zero-order chi connectivity index (χ0) is 33.9. The largest absolute Gasteiger partial charge is 0.465 e. The third kappa shape index (κ3) is 5.54. The summed E-state index contributed by atoms with van der Waals surface area (Å²) >= 11 is 0. The number of nitrogens with zero attached hydrogens (tertiary/aromatic N) is 2. The van der Waals surface area contributed by atoms with Gasteiger partial charge in [0, 0.05) is 19.3 Å². The molecular weight excluding hydrogens is 608 g/mol. The van der Waals surface area contributed by atoms with Crippen LogP contribution in [0.4, 0.5) is 0 Å². The molecule has 5 fully saturated rings. The van der Waals surface area contributed by atoms with Gasteiger partial charge in [-0.1, -0.05) is 39.4 Å². The van der Waals surface area contributed by atoms with Crippen LogP contribution in [0.15, 0.2) is 17.3 Å². The van der Waals surface area contributed by atoms with Gasteiger partial charge in [0.15, 0.2) is 0 Å². The number of carbonyl (C=O) groups is 2. The molecule has 0 saturated heterocycles. The highest BCUT2D eigenvalue weighted by atomic mass is 32.2. The lowest BCUT2D eigenvalue weighted by molar-refractivity contribution is -0.228. The summed E-state index contributed by atoms with van der Waals surface area (Å²) in [6.45, 7) is 16.8. The summed E-state index contributed by atoms with van der Waals surface area (Å²) in [7, 11) is -3.75. The van der Waals surface area contributed by atoms with Crippen LogP contribution in [0.5, 0.6) is 0 Å². The van der Waals surface area contributed by atoms with Crippen molar-refractivity contribution >= 4 is 27.8 Å². The molecule has 0 aliphatic heterocycles. The fourth-order valence-corrected chi connectivity index (χ4v) is 12.1. The van der Waals surface area contributed by atoms with Gasteiger partial charge < -0.3 is 9.57 Å². The number of fused-ring (bicyclic) bond motifs is 7. The maximum Gasteiger partial charge on any atom is 0.331 e. The summed E-state index contributed by atoms with van der Waals surface area (Å²) in [4.78, 5) is 34.0. The molecule has 0 bridgehead atoms. The number of ether oxygens (including phenoxy) is 1. The van der Waals surface area contributed by atoms with Gasteiger partial charge in [0.05, 0.1) is 23.5 Å². The molecule has 0 unspecified atom stereocenters. The Labute approximate surface area is 274 Å². The van der Waals surface area contributed by atoms with E-state index in [4.69, 9.17) is 14.5 Å². The smallest absolute Gasteiger partial charge is 0.331 e. The fourth-order valence-electron chi connectivity index (χ4n) is 11.9. The first kappa shape index (κ1) is 35.0. The Bertz CT molecular complexity index is 1450. The molecule has 10 atom stereocenters. The minimum atomic E-state index is -3.75. The maximum atomic E-state index is 12.0. The Balaban J connectivity index is 1.47. The highest BCUT2D eigenvalue weighted by Crippen LogP contribution is 2.77. The summed E-state index contributed by atoms with van der Waals surface area (Å²) < 4.78 is 33.3. The Kier molecular flexibility index (Phi) is 9.13. The van der Waals surface area contributed by atoms with E-state index in [0.717, 1.165) is 75.3 Å². The second-order valence-electron chi connectivity index (χ2n) is 16.1. The number of nitriles is 1. The molecule has 256 valence electrons. The third-order valence-electron chi connectivity index (χ3n) is 14.1. The molecular formula is C35H52N2O8S. The van der Waals surface area contributed by atoms with Crippen molar-refractivity contribution in [2.45, 2.75) is 106 Å². The standard InChI is InChI=1S/C35H52N2O8S/c1-22(19-43-45-46(8,40)41)25-11-16-35(20-36)18-17-33(6)26(30(25)35)9-10-28-31(4)14-13-29(37-44-24(3)39)32(5,21-42-23(2)38)27(31)12-15-34(28,33)7/h25-28,30H,1,9-19,21H2,2-8H3/b37-29+/t25-,26+,27+,28+,30+,31-,32-,33+,34+,35+/m0/s1. The number of hydrogen-bond donors (Lipinski definition) is 0. The van der Waals surface area contributed by atoms with E-state index in [9.17, 15) is 23.3 Å². The van der Waals surface area contributed by atoms with Crippen LogP contribution in [-0.4, -0.2) is 45.5 Å². The van der Waals surface area contributed by atoms with Crippen molar-refractivity contribution in [3.8, 4) is 6.07 Å². The summed E-state index contributed by atoms with van der Waals surface area (Å²) in [6, 6.07) is 2.79. The van der Waals surface area contributed by atoms with E-state index in [2.05, 4.69) is 49.8 Å². The molecule has 0 aromatic rings. The van der Waals surface area contributed by atoms with Gasteiger partial charge in [0.1, 0.15) is 13.2 Å². The van der Waals surface area contributed by atoms with Crippen molar-refractivity contribution in [1.29, 1.82) is 5.26 Å². The van der Waals surface area contributed by atoms with Gasteiger partial charge in [-0.05, 0) is 116 Å². The molecule has 0 heterocycles. The van der Waals surface area contributed by atoms with E-state index < -0.39 is 26.9 Å². The van der Waals surface area contributed by atoms with Crippen LogP contribution in [0.2, 0.25) is 0 Å². The number of rotatable bonds is 8. The van der Waals surface area contributed by atoms with Crippen molar-refractivity contribution in [3.05, 3.63) is 12.2 Å². The fraction of sp³-hybridized carbons (Fsp3) is 0.829. The summed E-state index contributed by atoms with van der Waals surface area (Å²) in [5.74, 6) is 0.298. The Morgan fingerprint density at radius 1 is 0.957 bits per heavy atom. The predicted molar refractivity (Wildman–Crippen MR) is 171 cm³/mol. The van der Waals surface area contributed by atoms with Gasteiger partial charge in [-0.15, -0.1) is 4.33 Å². The van der Waals surface area contributed by atoms with Crippen LogP contribution < -0.4 is 0 Å². The van der Waals surface area contributed by atoms with Crippen molar-refractivity contribution in [1.82, 2.24) is 0 Å². The lowest BCUT2D eigenvalue weighted by atomic mass is 9.32. The van der Waals surface area contributed by atoms with Crippen LogP contribution in [0.25, 0.3) is 0 Å². The lowest BCUT2D eigenvalue weighted by Gasteiger charge is -2.72.